The van der Waals surface area contributed by atoms with Crippen LogP contribution in [0, 0.1) is 6.92 Å². The molecule has 0 aliphatic carbocycles. The molecule has 1 atom stereocenters. The van der Waals surface area contributed by atoms with Gasteiger partial charge in [-0.1, -0.05) is 33.6 Å². The number of halogens is 1. The lowest BCUT2D eigenvalue weighted by Crippen LogP contribution is -2.26. The van der Waals surface area contributed by atoms with E-state index in [0.717, 1.165) is 12.6 Å². The molecule has 1 aromatic rings. The van der Waals surface area contributed by atoms with Gasteiger partial charge in [0, 0.05) is 17.1 Å². The van der Waals surface area contributed by atoms with Gasteiger partial charge < -0.3 is 0 Å². The summed E-state index contributed by atoms with van der Waals surface area (Å²) in [5.41, 5.74) is 2.77. The molecule has 1 saturated heterocycles. The molecule has 82 valence electrons. The van der Waals surface area contributed by atoms with E-state index in [1.54, 1.807) is 0 Å². The van der Waals surface area contributed by atoms with E-state index < -0.39 is 0 Å². The maximum absolute atomic E-state index is 3.63. The second-order valence-electron chi connectivity index (χ2n) is 4.56. The fraction of sp³-hybridized carbons (Fsp3) is 0.538. The van der Waals surface area contributed by atoms with Crippen molar-refractivity contribution in [3.63, 3.8) is 0 Å². The third-order valence-electron chi connectivity index (χ3n) is 3.27. The molecule has 0 spiro atoms. The normalized spacial score (nSPS) is 22.2. The van der Waals surface area contributed by atoms with Crippen LogP contribution in [0.25, 0.3) is 0 Å². The van der Waals surface area contributed by atoms with Gasteiger partial charge in [-0.15, -0.1) is 0 Å². The number of rotatable bonds is 2. The quantitative estimate of drug-likeness (QED) is 0.789. The third-order valence-corrected chi connectivity index (χ3v) is 4.04. The van der Waals surface area contributed by atoms with Crippen molar-refractivity contribution in [3.8, 4) is 0 Å². The Bertz CT molecular complexity index is 348. The van der Waals surface area contributed by atoms with Crippen molar-refractivity contribution in [3.05, 3.63) is 33.8 Å². The highest BCUT2D eigenvalue weighted by Gasteiger charge is 2.20. The van der Waals surface area contributed by atoms with E-state index in [0.29, 0.717) is 0 Å². The van der Waals surface area contributed by atoms with Crippen LogP contribution in [-0.4, -0.2) is 17.5 Å². The Morgan fingerprint density at radius 3 is 2.93 bits per heavy atom. The summed E-state index contributed by atoms with van der Waals surface area (Å²) in [4.78, 5) is 2.57. The van der Waals surface area contributed by atoms with E-state index in [1.165, 1.54) is 35.0 Å². The molecule has 1 aromatic carbocycles. The molecule has 0 saturated carbocycles. The molecule has 0 radical (unpaired) electrons. The fourth-order valence-electron chi connectivity index (χ4n) is 2.27. The first-order valence-electron chi connectivity index (χ1n) is 5.66. The minimum absolute atomic E-state index is 0.748. The predicted molar refractivity (Wildman–Crippen MR) is 68.0 cm³/mol. The lowest BCUT2D eigenvalue weighted by Gasteiger charge is -2.21. The van der Waals surface area contributed by atoms with E-state index in [1.807, 2.05) is 0 Å². The van der Waals surface area contributed by atoms with Gasteiger partial charge in [0.2, 0.25) is 0 Å². The van der Waals surface area contributed by atoms with Crippen molar-refractivity contribution in [2.75, 3.05) is 6.54 Å². The van der Waals surface area contributed by atoms with Crippen LogP contribution in [-0.2, 0) is 6.54 Å². The number of nitrogens with zero attached hydrogens (tertiary/aromatic N) is 1. The highest BCUT2D eigenvalue weighted by atomic mass is 79.9. The van der Waals surface area contributed by atoms with Gasteiger partial charge in [0.25, 0.3) is 0 Å². The Morgan fingerprint density at radius 1 is 1.47 bits per heavy atom. The van der Waals surface area contributed by atoms with Crippen LogP contribution in [0.2, 0.25) is 0 Å². The Kier molecular flexibility index (Phi) is 3.47. The average Bonchev–Trinajstić information content (AvgIpc) is 2.58. The summed E-state index contributed by atoms with van der Waals surface area (Å²) < 4.78 is 1.24. The van der Waals surface area contributed by atoms with Crippen molar-refractivity contribution < 1.29 is 0 Å². The van der Waals surface area contributed by atoms with Crippen LogP contribution in [0.5, 0.6) is 0 Å². The Balaban J connectivity index is 2.12. The molecule has 15 heavy (non-hydrogen) atoms. The summed E-state index contributed by atoms with van der Waals surface area (Å²) in [6.07, 6.45) is 2.70. The van der Waals surface area contributed by atoms with Crippen molar-refractivity contribution in [2.24, 2.45) is 0 Å². The predicted octanol–water partition coefficient (Wildman–Crippen LogP) is 3.74. The molecule has 1 aliphatic rings. The molecule has 1 nitrogen and oxygen atoms in total. The largest absolute Gasteiger partial charge is 0.296 e. The molecule has 0 aromatic heterocycles. The molecule has 1 aliphatic heterocycles. The summed E-state index contributed by atoms with van der Waals surface area (Å²) >= 11 is 3.63. The van der Waals surface area contributed by atoms with Crippen LogP contribution in [0.4, 0.5) is 0 Å². The summed E-state index contributed by atoms with van der Waals surface area (Å²) in [5.74, 6) is 0. The first-order chi connectivity index (χ1) is 7.16. The molecule has 1 fully saturated rings. The minimum Gasteiger partial charge on any atom is -0.296 e. The SMILES string of the molecule is Cc1ccc(Br)c(CN2CCCC2C)c1. The lowest BCUT2D eigenvalue weighted by molar-refractivity contribution is 0.260. The zero-order valence-corrected chi connectivity index (χ0v) is 11.0. The van der Waals surface area contributed by atoms with Crippen LogP contribution in [0.3, 0.4) is 0 Å². The van der Waals surface area contributed by atoms with Gasteiger partial charge in [-0.05, 0) is 44.9 Å². The molecular weight excluding hydrogens is 250 g/mol. The van der Waals surface area contributed by atoms with Crippen LogP contribution in [0.1, 0.15) is 30.9 Å². The van der Waals surface area contributed by atoms with Gasteiger partial charge in [-0.2, -0.15) is 0 Å². The molecule has 2 rings (SSSR count). The van der Waals surface area contributed by atoms with Crippen molar-refractivity contribution >= 4 is 15.9 Å². The fourth-order valence-corrected chi connectivity index (χ4v) is 2.64. The van der Waals surface area contributed by atoms with E-state index in [-0.39, 0.29) is 0 Å². The second-order valence-corrected chi connectivity index (χ2v) is 5.41. The van der Waals surface area contributed by atoms with E-state index in [2.05, 4.69) is 52.9 Å². The summed E-state index contributed by atoms with van der Waals surface area (Å²) in [6.45, 7) is 6.82. The summed E-state index contributed by atoms with van der Waals surface area (Å²) in [7, 11) is 0. The van der Waals surface area contributed by atoms with Crippen LogP contribution in [0.15, 0.2) is 22.7 Å². The number of hydrogen-bond donors (Lipinski definition) is 0. The van der Waals surface area contributed by atoms with E-state index >= 15 is 0 Å². The third kappa shape index (κ3) is 2.61. The standard InChI is InChI=1S/C13H18BrN/c1-10-5-6-13(14)12(8-10)9-15-7-3-4-11(15)2/h5-6,8,11H,3-4,7,9H2,1-2H3. The van der Waals surface area contributed by atoms with E-state index in [4.69, 9.17) is 0 Å². The zero-order chi connectivity index (χ0) is 10.8. The molecule has 2 heteroatoms. The molecular formula is C13H18BrN. The van der Waals surface area contributed by atoms with Gasteiger partial charge in [0.1, 0.15) is 0 Å². The molecule has 0 bridgehead atoms. The topological polar surface area (TPSA) is 3.24 Å². The first-order valence-corrected chi connectivity index (χ1v) is 6.45. The minimum atomic E-state index is 0.748. The maximum Gasteiger partial charge on any atom is 0.0247 e. The highest BCUT2D eigenvalue weighted by molar-refractivity contribution is 9.10. The van der Waals surface area contributed by atoms with Crippen LogP contribution >= 0.6 is 15.9 Å². The molecule has 0 N–H and O–H groups in total. The van der Waals surface area contributed by atoms with Gasteiger partial charge >= 0.3 is 0 Å². The monoisotopic (exact) mass is 267 g/mol. The smallest absolute Gasteiger partial charge is 0.0247 e. The zero-order valence-electron chi connectivity index (χ0n) is 9.46. The maximum atomic E-state index is 3.63. The Morgan fingerprint density at radius 2 is 2.27 bits per heavy atom. The molecule has 0 amide bonds. The second kappa shape index (κ2) is 4.67. The van der Waals surface area contributed by atoms with Gasteiger partial charge in [-0.3, -0.25) is 4.90 Å². The Hall–Kier alpha value is -0.340. The number of likely N-dealkylation sites (tertiary alicyclic amines) is 1. The molecule has 1 heterocycles. The number of benzene rings is 1. The van der Waals surface area contributed by atoms with Gasteiger partial charge in [-0.25, -0.2) is 0 Å². The number of aryl methyl sites for hydroxylation is 1. The summed E-state index contributed by atoms with van der Waals surface area (Å²) in [6, 6.07) is 7.35. The lowest BCUT2D eigenvalue weighted by atomic mass is 10.1. The summed E-state index contributed by atoms with van der Waals surface area (Å²) in [5, 5.41) is 0. The van der Waals surface area contributed by atoms with Crippen LogP contribution < -0.4 is 0 Å². The van der Waals surface area contributed by atoms with Crippen molar-refractivity contribution in [2.45, 2.75) is 39.3 Å². The van der Waals surface area contributed by atoms with Crippen molar-refractivity contribution in [1.82, 2.24) is 4.90 Å². The van der Waals surface area contributed by atoms with E-state index in [9.17, 15) is 0 Å². The van der Waals surface area contributed by atoms with Crippen molar-refractivity contribution in [1.29, 1.82) is 0 Å². The number of hydrogen-bond acceptors (Lipinski definition) is 1. The highest BCUT2D eigenvalue weighted by Crippen LogP contribution is 2.24. The van der Waals surface area contributed by atoms with Gasteiger partial charge in [0.05, 0.1) is 0 Å². The Labute approximate surface area is 101 Å². The van der Waals surface area contributed by atoms with Gasteiger partial charge in [0.15, 0.2) is 0 Å². The first kappa shape index (κ1) is 11.2. The average molecular weight is 268 g/mol. The molecule has 1 unspecified atom stereocenters.